The number of hydrogen-bond donors (Lipinski definition) is 2. The van der Waals surface area contributed by atoms with Crippen molar-refractivity contribution < 1.29 is 9.53 Å². The Morgan fingerprint density at radius 2 is 2.14 bits per heavy atom. The Labute approximate surface area is 173 Å². The van der Waals surface area contributed by atoms with E-state index in [1.165, 1.54) is 6.42 Å². The Morgan fingerprint density at radius 3 is 2.83 bits per heavy atom. The summed E-state index contributed by atoms with van der Waals surface area (Å²) in [6, 6.07) is 10.9. The van der Waals surface area contributed by atoms with Crippen LogP contribution < -0.4 is 15.8 Å². The van der Waals surface area contributed by atoms with E-state index in [0.29, 0.717) is 33.1 Å². The van der Waals surface area contributed by atoms with Crippen molar-refractivity contribution in [2.24, 2.45) is 5.73 Å². The van der Waals surface area contributed by atoms with Gasteiger partial charge in [0.05, 0.1) is 23.7 Å². The second kappa shape index (κ2) is 8.18. The number of benzene rings is 2. The number of likely N-dealkylation sites (tertiary alicyclic amines) is 1. The maximum absolute atomic E-state index is 11.7. The predicted molar refractivity (Wildman–Crippen MR) is 111 cm³/mol. The summed E-state index contributed by atoms with van der Waals surface area (Å²) in [4.78, 5) is 14.1. The van der Waals surface area contributed by atoms with E-state index in [2.05, 4.69) is 25.6 Å². The standard InChI is InChI=1S/C20H21ClN6O2/c1-29-17-10-12(6-7-15(17)21)16(11-27-8-3-9-27)23-20-14-5-2-4-13(19(22)28)18(14)24-26-25-20/h2,4-7,10,16H,3,8-9,11H2,1H3,(H2,22,28)(H,23,24,25)/t16-/m1/s1. The molecule has 8 nitrogen and oxygen atoms in total. The molecule has 0 radical (unpaired) electrons. The molecule has 0 aliphatic carbocycles. The molecule has 1 amide bonds. The fraction of sp³-hybridized carbons (Fsp3) is 0.300. The van der Waals surface area contributed by atoms with Crippen LogP contribution in [0, 0.1) is 0 Å². The van der Waals surface area contributed by atoms with Gasteiger partial charge in [0.1, 0.15) is 11.3 Å². The van der Waals surface area contributed by atoms with Crippen LogP contribution in [-0.4, -0.2) is 53.0 Å². The summed E-state index contributed by atoms with van der Waals surface area (Å²) >= 11 is 6.20. The fourth-order valence-corrected chi connectivity index (χ4v) is 3.62. The van der Waals surface area contributed by atoms with Crippen molar-refractivity contribution in [3.8, 4) is 5.75 Å². The molecule has 0 unspecified atom stereocenters. The first-order chi connectivity index (χ1) is 14.1. The number of aromatic nitrogens is 3. The van der Waals surface area contributed by atoms with Gasteiger partial charge in [0.15, 0.2) is 5.82 Å². The van der Waals surface area contributed by atoms with Crippen LogP contribution in [0.25, 0.3) is 10.9 Å². The highest BCUT2D eigenvalue weighted by Crippen LogP contribution is 2.31. The lowest BCUT2D eigenvalue weighted by atomic mass is 10.0. The molecular weight excluding hydrogens is 392 g/mol. The molecule has 3 aromatic rings. The van der Waals surface area contributed by atoms with E-state index in [0.717, 1.165) is 25.2 Å². The van der Waals surface area contributed by atoms with E-state index < -0.39 is 5.91 Å². The van der Waals surface area contributed by atoms with Gasteiger partial charge in [-0.25, -0.2) is 0 Å². The van der Waals surface area contributed by atoms with Crippen LogP contribution >= 0.6 is 11.6 Å². The number of primary amides is 1. The van der Waals surface area contributed by atoms with Crippen LogP contribution in [0.1, 0.15) is 28.4 Å². The summed E-state index contributed by atoms with van der Waals surface area (Å²) in [5.41, 5.74) is 7.23. The Hall–Kier alpha value is -2.97. The minimum Gasteiger partial charge on any atom is -0.495 e. The van der Waals surface area contributed by atoms with Gasteiger partial charge in [-0.05, 0) is 54.6 Å². The average Bonchev–Trinajstić information content (AvgIpc) is 2.69. The number of nitrogens with zero attached hydrogens (tertiary/aromatic N) is 4. The van der Waals surface area contributed by atoms with E-state index >= 15 is 0 Å². The number of methoxy groups -OCH3 is 1. The predicted octanol–water partition coefficient (Wildman–Crippen LogP) is 2.64. The SMILES string of the molecule is COc1cc([C@@H](CN2CCC2)Nc2nnnc3c(C(N)=O)cccc23)ccc1Cl. The van der Waals surface area contributed by atoms with Crippen LogP contribution in [0.2, 0.25) is 5.02 Å². The van der Waals surface area contributed by atoms with E-state index in [1.54, 1.807) is 19.2 Å². The van der Waals surface area contributed by atoms with E-state index in [9.17, 15) is 4.79 Å². The molecule has 2 aromatic carbocycles. The van der Waals surface area contributed by atoms with E-state index in [1.807, 2.05) is 24.3 Å². The molecule has 4 rings (SSSR count). The van der Waals surface area contributed by atoms with Gasteiger partial charge in [0.25, 0.3) is 5.91 Å². The molecule has 1 saturated heterocycles. The third-order valence-electron chi connectivity index (χ3n) is 5.12. The second-order valence-corrected chi connectivity index (χ2v) is 7.36. The molecular formula is C20H21ClN6O2. The van der Waals surface area contributed by atoms with Gasteiger partial charge in [0, 0.05) is 11.9 Å². The molecule has 150 valence electrons. The zero-order chi connectivity index (χ0) is 20.4. The zero-order valence-corrected chi connectivity index (χ0v) is 16.7. The molecule has 3 N–H and O–H groups in total. The summed E-state index contributed by atoms with van der Waals surface area (Å²) < 4.78 is 5.38. The van der Waals surface area contributed by atoms with Gasteiger partial charge in [-0.2, -0.15) is 0 Å². The number of fused-ring (bicyclic) bond motifs is 1. The molecule has 1 aliphatic heterocycles. The maximum Gasteiger partial charge on any atom is 0.250 e. The lowest BCUT2D eigenvalue weighted by molar-refractivity contribution is 0.100. The number of carbonyl (C=O) groups is 1. The largest absolute Gasteiger partial charge is 0.495 e. The molecule has 0 bridgehead atoms. The highest BCUT2D eigenvalue weighted by atomic mass is 35.5. The number of halogens is 1. The zero-order valence-electron chi connectivity index (χ0n) is 15.9. The second-order valence-electron chi connectivity index (χ2n) is 6.95. The van der Waals surface area contributed by atoms with E-state index in [-0.39, 0.29) is 6.04 Å². The highest BCUT2D eigenvalue weighted by molar-refractivity contribution is 6.32. The molecule has 2 heterocycles. The number of nitrogens with two attached hydrogens (primary N) is 1. The van der Waals surface area contributed by atoms with Crippen LogP contribution in [0.5, 0.6) is 5.75 Å². The fourth-order valence-electron chi connectivity index (χ4n) is 3.43. The van der Waals surface area contributed by atoms with Crippen molar-refractivity contribution in [1.82, 2.24) is 20.3 Å². The van der Waals surface area contributed by atoms with Gasteiger partial charge in [-0.1, -0.05) is 23.7 Å². The Kier molecular flexibility index (Phi) is 5.46. The topological polar surface area (TPSA) is 106 Å². The molecule has 1 fully saturated rings. The Balaban J connectivity index is 1.73. The van der Waals surface area contributed by atoms with Crippen molar-refractivity contribution in [3.05, 3.63) is 52.5 Å². The average molecular weight is 413 g/mol. The molecule has 0 saturated carbocycles. The molecule has 1 aromatic heterocycles. The minimum atomic E-state index is -0.554. The molecule has 1 aliphatic rings. The summed E-state index contributed by atoms with van der Waals surface area (Å²) in [5, 5.41) is 16.7. The third kappa shape index (κ3) is 3.94. The molecule has 9 heteroatoms. The van der Waals surface area contributed by atoms with Gasteiger partial charge in [-0.3, -0.25) is 4.79 Å². The molecule has 0 spiro atoms. The van der Waals surface area contributed by atoms with E-state index in [4.69, 9.17) is 22.1 Å². The van der Waals surface area contributed by atoms with Gasteiger partial charge < -0.3 is 20.7 Å². The molecule has 1 atom stereocenters. The summed E-state index contributed by atoms with van der Waals surface area (Å²) in [6.07, 6.45) is 1.19. The van der Waals surface area contributed by atoms with Gasteiger partial charge in [-0.15, -0.1) is 10.2 Å². The van der Waals surface area contributed by atoms with Gasteiger partial charge in [0.2, 0.25) is 0 Å². The normalized spacial score (nSPS) is 15.0. The smallest absolute Gasteiger partial charge is 0.250 e. The number of anilines is 1. The number of rotatable bonds is 7. The Morgan fingerprint density at radius 1 is 1.31 bits per heavy atom. The van der Waals surface area contributed by atoms with Crippen LogP contribution in [0.4, 0.5) is 5.82 Å². The van der Waals surface area contributed by atoms with Crippen molar-refractivity contribution in [2.75, 3.05) is 32.1 Å². The lowest BCUT2D eigenvalue weighted by Crippen LogP contribution is -2.41. The first kappa shape index (κ1) is 19.4. The molecule has 29 heavy (non-hydrogen) atoms. The summed E-state index contributed by atoms with van der Waals surface area (Å²) in [6.45, 7) is 2.89. The first-order valence-electron chi connectivity index (χ1n) is 9.31. The number of ether oxygens (including phenoxy) is 1. The maximum atomic E-state index is 11.7. The van der Waals surface area contributed by atoms with Crippen molar-refractivity contribution >= 4 is 34.2 Å². The van der Waals surface area contributed by atoms with Crippen LogP contribution in [0.15, 0.2) is 36.4 Å². The van der Waals surface area contributed by atoms with Crippen LogP contribution in [-0.2, 0) is 0 Å². The summed E-state index contributed by atoms with van der Waals surface area (Å²) in [5.74, 6) is 0.598. The third-order valence-corrected chi connectivity index (χ3v) is 5.44. The van der Waals surface area contributed by atoms with Crippen molar-refractivity contribution in [1.29, 1.82) is 0 Å². The lowest BCUT2D eigenvalue weighted by Gasteiger charge is -2.34. The number of hydrogen-bond acceptors (Lipinski definition) is 7. The Bertz CT molecular complexity index is 1060. The summed E-state index contributed by atoms with van der Waals surface area (Å²) in [7, 11) is 1.59. The number of amides is 1. The van der Waals surface area contributed by atoms with Crippen LogP contribution in [0.3, 0.4) is 0 Å². The number of nitrogens with one attached hydrogen (secondary N) is 1. The highest BCUT2D eigenvalue weighted by Gasteiger charge is 2.23. The monoisotopic (exact) mass is 412 g/mol. The van der Waals surface area contributed by atoms with Crippen molar-refractivity contribution in [3.63, 3.8) is 0 Å². The first-order valence-corrected chi connectivity index (χ1v) is 9.69. The minimum absolute atomic E-state index is 0.0846. The number of carbonyl (C=O) groups excluding carboxylic acids is 1. The van der Waals surface area contributed by atoms with Gasteiger partial charge >= 0.3 is 0 Å². The quantitative estimate of drug-likeness (QED) is 0.614. The van der Waals surface area contributed by atoms with Crippen molar-refractivity contribution in [2.45, 2.75) is 12.5 Å².